The molecule has 0 N–H and O–H groups in total. The van der Waals surface area contributed by atoms with E-state index in [-0.39, 0.29) is 5.91 Å². The van der Waals surface area contributed by atoms with Crippen LogP contribution in [0.2, 0.25) is 0 Å². The van der Waals surface area contributed by atoms with Crippen LogP contribution in [0.5, 0.6) is 0 Å². The number of amides is 1. The molecule has 0 radical (unpaired) electrons. The van der Waals surface area contributed by atoms with Crippen molar-refractivity contribution in [1.29, 1.82) is 0 Å². The topological polar surface area (TPSA) is 20.3 Å². The predicted octanol–water partition coefficient (Wildman–Crippen LogP) is 3.70. The number of aryl methyl sites for hydroxylation is 2. The molecular weight excluding hydrogens is 210 g/mol. The zero-order valence-electron chi connectivity index (χ0n) is 11.6. The first kappa shape index (κ1) is 13.8. The third-order valence-electron chi connectivity index (χ3n) is 2.86. The monoisotopic (exact) mass is 233 g/mol. The predicted molar refractivity (Wildman–Crippen MR) is 73.4 cm³/mol. The highest BCUT2D eigenvalue weighted by atomic mass is 16.2. The molecule has 0 aromatic heterocycles. The van der Waals surface area contributed by atoms with Gasteiger partial charge in [-0.05, 0) is 43.9 Å². The summed E-state index contributed by atoms with van der Waals surface area (Å²) in [6.45, 7) is 11.0. The van der Waals surface area contributed by atoms with Crippen molar-refractivity contribution in [2.45, 2.75) is 41.0 Å². The van der Waals surface area contributed by atoms with Crippen molar-refractivity contribution >= 4 is 11.6 Å². The summed E-state index contributed by atoms with van der Waals surface area (Å²) in [6, 6.07) is 6.26. The van der Waals surface area contributed by atoms with E-state index in [4.69, 9.17) is 0 Å². The quantitative estimate of drug-likeness (QED) is 0.776. The summed E-state index contributed by atoms with van der Waals surface area (Å²) >= 11 is 0. The van der Waals surface area contributed by atoms with Crippen molar-refractivity contribution in [3.05, 3.63) is 29.3 Å². The molecule has 17 heavy (non-hydrogen) atoms. The van der Waals surface area contributed by atoms with Crippen molar-refractivity contribution in [2.75, 3.05) is 11.4 Å². The fraction of sp³-hybridized carbons (Fsp3) is 0.533. The average Bonchev–Trinajstić information content (AvgIpc) is 2.23. The molecule has 0 fully saturated rings. The molecule has 1 aromatic rings. The van der Waals surface area contributed by atoms with Gasteiger partial charge in [0.15, 0.2) is 0 Å². The van der Waals surface area contributed by atoms with Crippen LogP contribution in [0.15, 0.2) is 18.2 Å². The summed E-state index contributed by atoms with van der Waals surface area (Å²) in [6.07, 6.45) is 0.612. The van der Waals surface area contributed by atoms with Crippen LogP contribution < -0.4 is 4.90 Å². The zero-order valence-corrected chi connectivity index (χ0v) is 11.6. The summed E-state index contributed by atoms with van der Waals surface area (Å²) < 4.78 is 0. The highest BCUT2D eigenvalue weighted by Gasteiger charge is 2.16. The van der Waals surface area contributed by atoms with Gasteiger partial charge in [0.25, 0.3) is 0 Å². The highest BCUT2D eigenvalue weighted by Crippen LogP contribution is 2.22. The van der Waals surface area contributed by atoms with Gasteiger partial charge in [0, 0.05) is 18.7 Å². The summed E-state index contributed by atoms with van der Waals surface area (Å²) in [4.78, 5) is 14.1. The molecule has 1 amide bonds. The second kappa shape index (κ2) is 5.85. The van der Waals surface area contributed by atoms with Crippen LogP contribution in [-0.2, 0) is 4.79 Å². The van der Waals surface area contributed by atoms with Crippen LogP contribution >= 0.6 is 0 Å². The minimum atomic E-state index is 0.219. The molecule has 2 heteroatoms. The Kier molecular flexibility index (Phi) is 4.73. The maximum absolute atomic E-state index is 12.2. The molecular formula is C15H23NO. The SMILES string of the molecule is CCN(C(=O)CC(C)C)c1cc(C)ccc1C. The Morgan fingerprint density at radius 3 is 2.47 bits per heavy atom. The van der Waals surface area contributed by atoms with Crippen molar-refractivity contribution in [1.82, 2.24) is 0 Å². The van der Waals surface area contributed by atoms with Crippen molar-refractivity contribution in [2.24, 2.45) is 5.92 Å². The zero-order chi connectivity index (χ0) is 13.0. The Hall–Kier alpha value is -1.31. The lowest BCUT2D eigenvalue weighted by Crippen LogP contribution is -2.32. The average molecular weight is 233 g/mol. The van der Waals surface area contributed by atoms with Gasteiger partial charge < -0.3 is 4.90 Å². The van der Waals surface area contributed by atoms with Crippen LogP contribution in [0.4, 0.5) is 5.69 Å². The molecule has 0 atom stereocenters. The van der Waals surface area contributed by atoms with Gasteiger partial charge >= 0.3 is 0 Å². The minimum absolute atomic E-state index is 0.219. The van der Waals surface area contributed by atoms with E-state index in [1.165, 1.54) is 5.56 Å². The molecule has 0 heterocycles. The molecule has 0 bridgehead atoms. The Balaban J connectivity index is 3.00. The molecule has 0 saturated heterocycles. The maximum Gasteiger partial charge on any atom is 0.227 e. The lowest BCUT2D eigenvalue weighted by atomic mass is 10.1. The van der Waals surface area contributed by atoms with Gasteiger partial charge in [-0.15, -0.1) is 0 Å². The van der Waals surface area contributed by atoms with E-state index in [0.717, 1.165) is 17.8 Å². The second-order valence-corrected chi connectivity index (χ2v) is 5.03. The lowest BCUT2D eigenvalue weighted by molar-refractivity contribution is -0.119. The van der Waals surface area contributed by atoms with E-state index < -0.39 is 0 Å². The van der Waals surface area contributed by atoms with E-state index in [1.54, 1.807) is 0 Å². The molecule has 0 saturated carbocycles. The highest BCUT2D eigenvalue weighted by molar-refractivity contribution is 5.94. The number of hydrogen-bond donors (Lipinski definition) is 0. The summed E-state index contributed by atoms with van der Waals surface area (Å²) in [5.41, 5.74) is 3.41. The van der Waals surface area contributed by atoms with E-state index in [2.05, 4.69) is 45.9 Å². The summed E-state index contributed by atoms with van der Waals surface area (Å²) in [5, 5.41) is 0. The fourth-order valence-corrected chi connectivity index (χ4v) is 1.95. The van der Waals surface area contributed by atoms with Gasteiger partial charge in [-0.25, -0.2) is 0 Å². The van der Waals surface area contributed by atoms with Gasteiger partial charge in [0.1, 0.15) is 0 Å². The standard InChI is InChI=1S/C15H23NO/c1-6-16(15(17)9-11(2)3)14-10-12(4)7-8-13(14)5/h7-8,10-11H,6,9H2,1-5H3. The normalized spacial score (nSPS) is 10.7. The Morgan fingerprint density at radius 2 is 1.94 bits per heavy atom. The van der Waals surface area contributed by atoms with Crippen LogP contribution in [0.1, 0.15) is 38.3 Å². The van der Waals surface area contributed by atoms with Gasteiger partial charge in [-0.1, -0.05) is 26.0 Å². The first-order chi connectivity index (χ1) is 7.95. The van der Waals surface area contributed by atoms with Gasteiger partial charge in [-0.2, -0.15) is 0 Å². The molecule has 1 aromatic carbocycles. The van der Waals surface area contributed by atoms with Crippen LogP contribution in [0.25, 0.3) is 0 Å². The molecule has 0 unspecified atom stereocenters. The number of nitrogens with zero attached hydrogens (tertiary/aromatic N) is 1. The largest absolute Gasteiger partial charge is 0.312 e. The van der Waals surface area contributed by atoms with Crippen molar-refractivity contribution in [3.8, 4) is 0 Å². The number of anilines is 1. The number of rotatable bonds is 4. The maximum atomic E-state index is 12.2. The molecule has 0 aliphatic rings. The molecule has 2 nitrogen and oxygen atoms in total. The number of carbonyl (C=O) groups is 1. The first-order valence-electron chi connectivity index (χ1n) is 6.33. The third kappa shape index (κ3) is 3.58. The van der Waals surface area contributed by atoms with Gasteiger partial charge in [0.2, 0.25) is 5.91 Å². The Labute approximate surface area is 105 Å². The van der Waals surface area contributed by atoms with Crippen molar-refractivity contribution in [3.63, 3.8) is 0 Å². The van der Waals surface area contributed by atoms with E-state index in [1.807, 2.05) is 11.8 Å². The molecule has 94 valence electrons. The molecule has 0 aliphatic heterocycles. The minimum Gasteiger partial charge on any atom is -0.312 e. The lowest BCUT2D eigenvalue weighted by Gasteiger charge is -2.24. The van der Waals surface area contributed by atoms with Crippen LogP contribution in [-0.4, -0.2) is 12.5 Å². The van der Waals surface area contributed by atoms with Gasteiger partial charge in [0.05, 0.1) is 0 Å². The third-order valence-corrected chi connectivity index (χ3v) is 2.86. The summed E-state index contributed by atoms with van der Waals surface area (Å²) in [5.74, 6) is 0.623. The molecule has 0 aliphatic carbocycles. The molecule has 0 spiro atoms. The number of carbonyl (C=O) groups excluding carboxylic acids is 1. The van der Waals surface area contributed by atoms with E-state index >= 15 is 0 Å². The Morgan fingerprint density at radius 1 is 1.29 bits per heavy atom. The Bertz CT molecular complexity index is 396. The van der Waals surface area contributed by atoms with Crippen LogP contribution in [0.3, 0.4) is 0 Å². The smallest absolute Gasteiger partial charge is 0.227 e. The number of benzene rings is 1. The van der Waals surface area contributed by atoms with E-state index in [0.29, 0.717) is 12.3 Å². The van der Waals surface area contributed by atoms with Crippen molar-refractivity contribution < 1.29 is 4.79 Å². The van der Waals surface area contributed by atoms with E-state index in [9.17, 15) is 4.79 Å². The number of hydrogen-bond acceptors (Lipinski definition) is 1. The first-order valence-corrected chi connectivity index (χ1v) is 6.33. The second-order valence-electron chi connectivity index (χ2n) is 5.03. The fourth-order valence-electron chi connectivity index (χ4n) is 1.95. The van der Waals surface area contributed by atoms with Crippen LogP contribution in [0, 0.1) is 19.8 Å². The molecule has 1 rings (SSSR count). The summed E-state index contributed by atoms with van der Waals surface area (Å²) in [7, 11) is 0. The van der Waals surface area contributed by atoms with Gasteiger partial charge in [-0.3, -0.25) is 4.79 Å².